The number of hydrogen-bond acceptors (Lipinski definition) is 6. The first-order chi connectivity index (χ1) is 16.8. The van der Waals surface area contributed by atoms with E-state index in [1.807, 2.05) is 0 Å². The molecule has 2 N–H and O–H groups in total. The zero-order chi connectivity index (χ0) is 24.3. The normalized spacial score (nSPS) is 17.4. The van der Waals surface area contributed by atoms with Gasteiger partial charge in [-0.15, -0.1) is 0 Å². The van der Waals surface area contributed by atoms with E-state index in [4.69, 9.17) is 10.5 Å². The Hall–Kier alpha value is -3.95. The van der Waals surface area contributed by atoms with Crippen LogP contribution in [0.1, 0.15) is 40.5 Å². The van der Waals surface area contributed by atoms with Crippen LogP contribution >= 0.6 is 0 Å². The average molecular weight is 479 g/mol. The van der Waals surface area contributed by atoms with Gasteiger partial charge in [0.1, 0.15) is 18.1 Å². The predicted molar refractivity (Wildman–Crippen MR) is 123 cm³/mol. The highest BCUT2D eigenvalue weighted by atomic mass is 19.4. The summed E-state index contributed by atoms with van der Waals surface area (Å²) in [6.07, 6.45) is 0.769. The third-order valence-electron chi connectivity index (χ3n) is 6.58. The zero-order valence-corrected chi connectivity index (χ0v) is 18.4. The minimum atomic E-state index is -4.57. The quantitative estimate of drug-likeness (QED) is 0.424. The van der Waals surface area contributed by atoms with E-state index in [1.165, 1.54) is 6.07 Å². The fourth-order valence-corrected chi connectivity index (χ4v) is 4.58. The number of nitrogens with zero attached hydrogens (tertiary/aromatic N) is 4. The van der Waals surface area contributed by atoms with Gasteiger partial charge in [0.25, 0.3) is 5.91 Å². The van der Waals surface area contributed by atoms with Crippen molar-refractivity contribution >= 4 is 33.4 Å². The number of alkyl halides is 3. The van der Waals surface area contributed by atoms with E-state index in [-0.39, 0.29) is 18.4 Å². The summed E-state index contributed by atoms with van der Waals surface area (Å²) in [6, 6.07) is 8.77. The molecule has 1 fully saturated rings. The minimum Gasteiger partial charge on any atom is -0.475 e. The smallest absolute Gasteiger partial charge is 0.433 e. The highest BCUT2D eigenvalue weighted by Gasteiger charge is 2.40. The highest BCUT2D eigenvalue weighted by molar-refractivity contribution is 6.11. The third kappa shape index (κ3) is 3.78. The molecule has 7 nitrogen and oxygen atoms in total. The molecule has 1 saturated carbocycles. The predicted octanol–water partition coefficient (Wildman–Crippen LogP) is 4.76. The molecule has 1 aromatic carbocycles. The van der Waals surface area contributed by atoms with Gasteiger partial charge in [0.15, 0.2) is 0 Å². The number of aromatic nitrogens is 3. The van der Waals surface area contributed by atoms with Crippen molar-refractivity contribution in [3.8, 4) is 5.88 Å². The Morgan fingerprint density at radius 3 is 2.69 bits per heavy atom. The standard InChI is InChI=1S/C25H20F3N5O2/c26-25(27,28)21-6-4-16-20(12-35-23(16)32-21)33(11-13-1-2-13)24(34)14-3-5-19-17(9-14)18-10-30-8-7-15(18)22(29)31-19/h3-10,13,20H,1-2,11-12H2,(H2,29,31)/t20-/m1/s1. The van der Waals surface area contributed by atoms with Crippen molar-refractivity contribution < 1.29 is 22.7 Å². The van der Waals surface area contributed by atoms with Gasteiger partial charge in [-0.05, 0) is 55.2 Å². The summed E-state index contributed by atoms with van der Waals surface area (Å²) in [5, 5.41) is 2.28. The molecule has 6 rings (SSSR count). The molecule has 35 heavy (non-hydrogen) atoms. The molecule has 0 saturated heterocycles. The summed E-state index contributed by atoms with van der Waals surface area (Å²) >= 11 is 0. The number of halogens is 3. The Balaban J connectivity index is 1.40. The van der Waals surface area contributed by atoms with Crippen LogP contribution in [-0.2, 0) is 6.18 Å². The third-order valence-corrected chi connectivity index (χ3v) is 6.58. The Labute approximate surface area is 197 Å². The number of carbonyl (C=O) groups is 1. The van der Waals surface area contributed by atoms with Gasteiger partial charge in [0.2, 0.25) is 5.88 Å². The van der Waals surface area contributed by atoms with E-state index in [2.05, 4.69) is 15.0 Å². The van der Waals surface area contributed by atoms with Gasteiger partial charge in [-0.1, -0.05) is 0 Å². The summed E-state index contributed by atoms with van der Waals surface area (Å²) < 4.78 is 44.8. The maximum Gasteiger partial charge on any atom is 0.433 e. The highest BCUT2D eigenvalue weighted by Crippen LogP contribution is 2.41. The zero-order valence-electron chi connectivity index (χ0n) is 18.4. The first kappa shape index (κ1) is 21.6. The van der Waals surface area contributed by atoms with Gasteiger partial charge < -0.3 is 15.4 Å². The van der Waals surface area contributed by atoms with Crippen LogP contribution in [0.15, 0.2) is 48.8 Å². The van der Waals surface area contributed by atoms with E-state index in [9.17, 15) is 18.0 Å². The van der Waals surface area contributed by atoms with Crippen LogP contribution in [0.25, 0.3) is 21.7 Å². The van der Waals surface area contributed by atoms with Crippen molar-refractivity contribution in [2.24, 2.45) is 5.92 Å². The first-order valence-electron chi connectivity index (χ1n) is 11.2. The maximum absolute atomic E-state index is 13.8. The lowest BCUT2D eigenvalue weighted by atomic mass is 10.0. The number of benzene rings is 1. The molecular formula is C25H20F3N5O2. The van der Waals surface area contributed by atoms with Crippen molar-refractivity contribution in [2.45, 2.75) is 25.1 Å². The van der Waals surface area contributed by atoms with Gasteiger partial charge in [-0.25, -0.2) is 9.97 Å². The van der Waals surface area contributed by atoms with Crippen molar-refractivity contribution in [2.75, 3.05) is 18.9 Å². The van der Waals surface area contributed by atoms with Crippen LogP contribution in [0.4, 0.5) is 19.0 Å². The summed E-state index contributed by atoms with van der Waals surface area (Å²) in [6.45, 7) is 0.550. The molecule has 10 heteroatoms. The van der Waals surface area contributed by atoms with Crippen molar-refractivity contribution in [3.63, 3.8) is 0 Å². The van der Waals surface area contributed by atoms with Crippen molar-refractivity contribution in [3.05, 3.63) is 65.6 Å². The average Bonchev–Trinajstić information content (AvgIpc) is 3.58. The topological polar surface area (TPSA) is 94.2 Å². The van der Waals surface area contributed by atoms with Crippen molar-refractivity contribution in [1.82, 2.24) is 19.9 Å². The Bertz CT molecular complexity index is 1490. The molecule has 1 amide bonds. The second kappa shape index (κ2) is 7.79. The summed E-state index contributed by atoms with van der Waals surface area (Å²) in [5.74, 6) is 0.440. The lowest BCUT2D eigenvalue weighted by Gasteiger charge is -2.28. The van der Waals surface area contributed by atoms with Crippen LogP contribution in [0.2, 0.25) is 0 Å². The summed E-state index contributed by atoms with van der Waals surface area (Å²) in [4.78, 5) is 27.8. The molecule has 2 aliphatic rings. The molecule has 0 spiro atoms. The van der Waals surface area contributed by atoms with Crippen molar-refractivity contribution in [1.29, 1.82) is 0 Å². The number of nitrogens with two attached hydrogens (primary N) is 1. The van der Waals surface area contributed by atoms with E-state index in [1.54, 1.807) is 41.6 Å². The summed E-state index contributed by atoms with van der Waals surface area (Å²) in [5.41, 5.74) is 6.65. The van der Waals surface area contributed by atoms with Crippen LogP contribution < -0.4 is 10.5 Å². The van der Waals surface area contributed by atoms with E-state index < -0.39 is 17.9 Å². The molecule has 0 bridgehead atoms. The monoisotopic (exact) mass is 479 g/mol. The number of fused-ring (bicyclic) bond motifs is 4. The van der Waals surface area contributed by atoms with Gasteiger partial charge in [-0.2, -0.15) is 13.2 Å². The Kier molecular flexibility index (Phi) is 4.80. The largest absolute Gasteiger partial charge is 0.475 e. The summed E-state index contributed by atoms with van der Waals surface area (Å²) in [7, 11) is 0. The number of hydrogen-bond donors (Lipinski definition) is 1. The molecule has 1 aliphatic heterocycles. The van der Waals surface area contributed by atoms with E-state index in [0.717, 1.165) is 35.1 Å². The van der Waals surface area contributed by atoms with Gasteiger partial charge in [-0.3, -0.25) is 9.78 Å². The number of anilines is 1. The van der Waals surface area contributed by atoms with Gasteiger partial charge in [0, 0.05) is 46.2 Å². The van der Waals surface area contributed by atoms with Crippen LogP contribution in [-0.4, -0.2) is 38.9 Å². The molecular weight excluding hydrogens is 459 g/mol. The molecule has 0 radical (unpaired) electrons. The Morgan fingerprint density at radius 1 is 1.09 bits per heavy atom. The number of amides is 1. The molecule has 0 unspecified atom stereocenters. The van der Waals surface area contributed by atoms with E-state index >= 15 is 0 Å². The molecule has 178 valence electrons. The van der Waals surface area contributed by atoms with Gasteiger partial charge >= 0.3 is 6.18 Å². The van der Waals surface area contributed by atoms with Crippen LogP contribution in [0.5, 0.6) is 5.88 Å². The van der Waals surface area contributed by atoms with Gasteiger partial charge in [0.05, 0.1) is 11.6 Å². The second-order valence-corrected chi connectivity index (χ2v) is 8.97. The fourth-order valence-electron chi connectivity index (χ4n) is 4.58. The fraction of sp³-hybridized carbons (Fsp3) is 0.280. The van der Waals surface area contributed by atoms with E-state index in [0.29, 0.717) is 34.9 Å². The molecule has 4 aromatic rings. The number of ether oxygens (including phenoxy) is 1. The Morgan fingerprint density at radius 2 is 1.91 bits per heavy atom. The molecule has 3 aromatic heterocycles. The number of nitrogen functional groups attached to an aromatic ring is 1. The second-order valence-electron chi connectivity index (χ2n) is 8.97. The number of rotatable bonds is 4. The molecule has 1 atom stereocenters. The lowest BCUT2D eigenvalue weighted by molar-refractivity contribution is -0.141. The van der Waals surface area contributed by atoms with Crippen LogP contribution in [0, 0.1) is 5.92 Å². The molecule has 4 heterocycles. The minimum absolute atomic E-state index is 0.0562. The maximum atomic E-state index is 13.8. The van der Waals surface area contributed by atoms with Crippen LogP contribution in [0.3, 0.4) is 0 Å². The molecule has 1 aliphatic carbocycles. The lowest BCUT2D eigenvalue weighted by Crippen LogP contribution is -2.37. The SMILES string of the molecule is Nc1nc2ccc(C(=O)N(CC3CC3)[C@@H]3COc4nc(C(F)(F)F)ccc43)cc2c2cnccc12. The number of pyridine rings is 3. The first-order valence-corrected chi connectivity index (χ1v) is 11.2. The number of carbonyl (C=O) groups excluding carboxylic acids is 1.